The second-order valence-corrected chi connectivity index (χ2v) is 6.28. The van der Waals surface area contributed by atoms with Crippen LogP contribution in [0.4, 0.5) is 0 Å². The van der Waals surface area contributed by atoms with E-state index in [9.17, 15) is 4.79 Å². The van der Waals surface area contributed by atoms with E-state index in [0.717, 1.165) is 10.0 Å². The van der Waals surface area contributed by atoms with Gasteiger partial charge in [-0.15, -0.1) is 0 Å². The van der Waals surface area contributed by atoms with Crippen LogP contribution in [0.3, 0.4) is 0 Å². The second kappa shape index (κ2) is 7.64. The molecular formula is C15H23BrN2O2. The molecule has 0 saturated carbocycles. The topological polar surface area (TPSA) is 64.3 Å². The third kappa shape index (κ3) is 5.13. The first-order valence-corrected chi connectivity index (χ1v) is 7.57. The molecular weight excluding hydrogens is 320 g/mol. The second-order valence-electron chi connectivity index (χ2n) is 5.36. The zero-order chi connectivity index (χ0) is 15.3. The fourth-order valence-electron chi connectivity index (χ4n) is 1.61. The van der Waals surface area contributed by atoms with E-state index in [-0.39, 0.29) is 24.6 Å². The van der Waals surface area contributed by atoms with Gasteiger partial charge in [0.25, 0.3) is 5.91 Å². The van der Waals surface area contributed by atoms with Crippen molar-refractivity contribution in [2.45, 2.75) is 39.8 Å². The van der Waals surface area contributed by atoms with Crippen molar-refractivity contribution in [1.29, 1.82) is 0 Å². The molecule has 0 bridgehead atoms. The Kier molecular flexibility index (Phi) is 6.49. The molecule has 1 rings (SSSR count). The van der Waals surface area contributed by atoms with E-state index in [1.807, 2.05) is 32.0 Å². The van der Waals surface area contributed by atoms with Crippen LogP contribution in [0.2, 0.25) is 0 Å². The number of carbonyl (C=O) groups is 1. The maximum absolute atomic E-state index is 11.8. The van der Waals surface area contributed by atoms with Crippen LogP contribution in [0.5, 0.6) is 5.75 Å². The van der Waals surface area contributed by atoms with Crippen LogP contribution in [0.1, 0.15) is 39.3 Å². The number of nitrogens with two attached hydrogens (primary N) is 1. The third-order valence-corrected chi connectivity index (χ3v) is 3.70. The summed E-state index contributed by atoms with van der Waals surface area (Å²) >= 11 is 3.40. The van der Waals surface area contributed by atoms with Gasteiger partial charge in [-0.2, -0.15) is 0 Å². The summed E-state index contributed by atoms with van der Waals surface area (Å²) in [6.07, 6.45) is 0. The summed E-state index contributed by atoms with van der Waals surface area (Å²) in [5.41, 5.74) is 6.79. The molecule has 4 nitrogen and oxygen atoms in total. The van der Waals surface area contributed by atoms with Crippen LogP contribution in [0.25, 0.3) is 0 Å². The zero-order valence-electron chi connectivity index (χ0n) is 12.4. The molecule has 5 heteroatoms. The molecule has 0 aliphatic rings. The highest BCUT2D eigenvalue weighted by molar-refractivity contribution is 9.10. The van der Waals surface area contributed by atoms with Crippen molar-refractivity contribution >= 4 is 21.8 Å². The van der Waals surface area contributed by atoms with Crippen molar-refractivity contribution in [1.82, 2.24) is 5.32 Å². The van der Waals surface area contributed by atoms with Gasteiger partial charge in [0.15, 0.2) is 6.61 Å². The van der Waals surface area contributed by atoms with Crippen molar-refractivity contribution in [2.24, 2.45) is 11.7 Å². The van der Waals surface area contributed by atoms with E-state index in [2.05, 4.69) is 35.1 Å². The lowest BCUT2D eigenvalue weighted by Crippen LogP contribution is -2.39. The molecule has 2 atom stereocenters. The minimum absolute atomic E-state index is 0.00158. The Morgan fingerprint density at radius 1 is 1.35 bits per heavy atom. The lowest BCUT2D eigenvalue weighted by Gasteiger charge is -2.18. The monoisotopic (exact) mass is 342 g/mol. The highest BCUT2D eigenvalue weighted by atomic mass is 79.9. The van der Waals surface area contributed by atoms with E-state index in [1.54, 1.807) is 0 Å². The Balaban J connectivity index is 2.64. The molecule has 0 aliphatic heterocycles. The third-order valence-electron chi connectivity index (χ3n) is 3.21. The van der Waals surface area contributed by atoms with Crippen LogP contribution >= 0.6 is 15.9 Å². The van der Waals surface area contributed by atoms with Crippen molar-refractivity contribution < 1.29 is 9.53 Å². The van der Waals surface area contributed by atoms with Gasteiger partial charge < -0.3 is 15.8 Å². The summed E-state index contributed by atoms with van der Waals surface area (Å²) in [6, 6.07) is 5.58. The molecule has 1 aromatic rings. The van der Waals surface area contributed by atoms with Gasteiger partial charge >= 0.3 is 0 Å². The predicted molar refractivity (Wildman–Crippen MR) is 84.7 cm³/mol. The minimum atomic E-state index is -0.153. The molecule has 2 unspecified atom stereocenters. The van der Waals surface area contributed by atoms with Gasteiger partial charge in [-0.1, -0.05) is 29.8 Å². The van der Waals surface area contributed by atoms with Gasteiger partial charge in [0, 0.05) is 22.1 Å². The van der Waals surface area contributed by atoms with Gasteiger partial charge in [0.2, 0.25) is 0 Å². The molecule has 0 heterocycles. The number of halogens is 1. The summed E-state index contributed by atoms with van der Waals surface area (Å²) in [5.74, 6) is 0.923. The predicted octanol–water partition coefficient (Wildman–Crippen LogP) is 3.01. The number of hydrogen-bond donors (Lipinski definition) is 2. The molecule has 0 spiro atoms. The molecule has 0 aromatic heterocycles. The highest BCUT2D eigenvalue weighted by Crippen LogP contribution is 2.27. The first kappa shape index (κ1) is 17.0. The van der Waals surface area contributed by atoms with E-state index >= 15 is 0 Å². The number of ether oxygens (including phenoxy) is 1. The van der Waals surface area contributed by atoms with Crippen molar-refractivity contribution in [3.63, 3.8) is 0 Å². The quantitative estimate of drug-likeness (QED) is 0.835. The number of hydrogen-bond acceptors (Lipinski definition) is 3. The van der Waals surface area contributed by atoms with E-state index in [1.165, 1.54) is 0 Å². The molecule has 3 N–H and O–H groups in total. The highest BCUT2D eigenvalue weighted by Gasteiger charge is 2.13. The Morgan fingerprint density at radius 3 is 2.55 bits per heavy atom. The number of nitrogens with one attached hydrogen (secondary N) is 1. The Hall–Kier alpha value is -1.07. The molecule has 0 fully saturated rings. The zero-order valence-corrected chi connectivity index (χ0v) is 14.0. The number of carbonyl (C=O) groups excluding carboxylic acids is 1. The summed E-state index contributed by atoms with van der Waals surface area (Å²) in [5, 5.41) is 2.91. The summed E-state index contributed by atoms with van der Waals surface area (Å²) in [6.45, 7) is 7.99. The lowest BCUT2D eigenvalue weighted by atomic mass is 10.1. The number of benzene rings is 1. The van der Waals surface area contributed by atoms with Gasteiger partial charge in [0.1, 0.15) is 5.75 Å². The Morgan fingerprint density at radius 2 is 2.00 bits per heavy atom. The van der Waals surface area contributed by atoms with Crippen LogP contribution in [0, 0.1) is 5.92 Å². The molecule has 112 valence electrons. The molecule has 1 amide bonds. The van der Waals surface area contributed by atoms with E-state index < -0.39 is 0 Å². The van der Waals surface area contributed by atoms with Gasteiger partial charge in [-0.05, 0) is 38.0 Å². The first-order valence-electron chi connectivity index (χ1n) is 6.78. The fraction of sp³-hybridized carbons (Fsp3) is 0.533. The maximum Gasteiger partial charge on any atom is 0.258 e. The molecule has 20 heavy (non-hydrogen) atoms. The van der Waals surface area contributed by atoms with Crippen LogP contribution in [-0.4, -0.2) is 18.6 Å². The van der Waals surface area contributed by atoms with Gasteiger partial charge in [-0.25, -0.2) is 0 Å². The van der Waals surface area contributed by atoms with Crippen LogP contribution in [-0.2, 0) is 4.79 Å². The van der Waals surface area contributed by atoms with E-state index in [0.29, 0.717) is 11.7 Å². The average Bonchev–Trinajstić information content (AvgIpc) is 2.36. The lowest BCUT2D eigenvalue weighted by molar-refractivity contribution is -0.124. The molecule has 0 aliphatic carbocycles. The Bertz CT molecular complexity index is 461. The normalized spacial score (nSPS) is 13.9. The number of amides is 1. The molecule has 0 saturated heterocycles. The van der Waals surface area contributed by atoms with Crippen LogP contribution in [0.15, 0.2) is 22.7 Å². The summed E-state index contributed by atoms with van der Waals surface area (Å²) in [7, 11) is 0. The minimum Gasteiger partial charge on any atom is -0.483 e. The fourth-order valence-corrected chi connectivity index (χ4v) is 1.99. The van der Waals surface area contributed by atoms with Crippen molar-refractivity contribution in [3.8, 4) is 5.75 Å². The largest absolute Gasteiger partial charge is 0.483 e. The smallest absolute Gasteiger partial charge is 0.258 e. The molecule has 0 radical (unpaired) electrons. The Labute approximate surface area is 129 Å². The first-order chi connectivity index (χ1) is 9.31. The number of rotatable bonds is 6. The van der Waals surface area contributed by atoms with Crippen molar-refractivity contribution in [3.05, 3.63) is 28.2 Å². The van der Waals surface area contributed by atoms with Crippen LogP contribution < -0.4 is 15.8 Å². The summed E-state index contributed by atoms with van der Waals surface area (Å²) < 4.78 is 6.52. The molecule has 1 aromatic carbocycles. The van der Waals surface area contributed by atoms with Crippen molar-refractivity contribution in [2.75, 3.05) is 6.61 Å². The standard InChI is InChI=1S/C15H23BrN2O2/c1-9(2)11(4)18-15(19)8-20-14-6-5-12(16)7-13(14)10(3)17/h5-7,9-11H,8,17H2,1-4H3,(H,18,19). The average molecular weight is 343 g/mol. The summed E-state index contributed by atoms with van der Waals surface area (Å²) in [4.78, 5) is 11.8. The SMILES string of the molecule is CC(N)c1cc(Br)ccc1OCC(=O)NC(C)C(C)C. The van der Waals surface area contributed by atoms with Gasteiger partial charge in [-0.3, -0.25) is 4.79 Å². The maximum atomic E-state index is 11.8. The van der Waals surface area contributed by atoms with E-state index in [4.69, 9.17) is 10.5 Å². The van der Waals surface area contributed by atoms with Gasteiger partial charge in [0.05, 0.1) is 0 Å².